The zero-order valence-electron chi connectivity index (χ0n) is 12.4. The molecule has 1 amide bonds. The molecule has 1 heterocycles. The molecule has 0 aromatic heterocycles. The van der Waals surface area contributed by atoms with Crippen molar-refractivity contribution in [3.63, 3.8) is 0 Å². The summed E-state index contributed by atoms with van der Waals surface area (Å²) in [7, 11) is 0. The largest absolute Gasteiger partial charge is 0.356 e. The van der Waals surface area contributed by atoms with E-state index in [0.29, 0.717) is 12.5 Å². The van der Waals surface area contributed by atoms with E-state index in [1.54, 1.807) is 0 Å². The van der Waals surface area contributed by atoms with Crippen molar-refractivity contribution in [2.24, 2.45) is 11.8 Å². The van der Waals surface area contributed by atoms with E-state index >= 15 is 0 Å². The number of nitrogens with one attached hydrogen (secondary N) is 2. The molecule has 1 atom stereocenters. The lowest BCUT2D eigenvalue weighted by Crippen LogP contribution is -2.36. The Balaban J connectivity index is 1.54. The van der Waals surface area contributed by atoms with Crippen molar-refractivity contribution < 1.29 is 4.79 Å². The Hall–Kier alpha value is -0.570. The Morgan fingerprint density at radius 3 is 2.63 bits per heavy atom. The maximum atomic E-state index is 11.9. The molecule has 0 aromatic carbocycles. The standard InChI is InChI=1S/C16H30N2O/c1-13-5-7-14(8-6-13)12-18-16(19)10-9-15-4-2-3-11-17-15/h13-15,17H,2-12H2,1H3,(H,18,19). The van der Waals surface area contributed by atoms with Crippen molar-refractivity contribution >= 4 is 5.91 Å². The molecule has 3 heteroatoms. The quantitative estimate of drug-likeness (QED) is 0.803. The zero-order valence-corrected chi connectivity index (χ0v) is 12.4. The van der Waals surface area contributed by atoms with E-state index in [9.17, 15) is 4.79 Å². The Morgan fingerprint density at radius 1 is 1.16 bits per heavy atom. The van der Waals surface area contributed by atoms with Crippen LogP contribution in [0.25, 0.3) is 0 Å². The maximum Gasteiger partial charge on any atom is 0.220 e. The fourth-order valence-corrected chi connectivity index (χ4v) is 3.36. The third kappa shape index (κ3) is 5.52. The minimum absolute atomic E-state index is 0.256. The van der Waals surface area contributed by atoms with Gasteiger partial charge in [0.05, 0.1) is 0 Å². The molecule has 2 fully saturated rings. The Labute approximate surface area is 117 Å². The molecule has 1 unspecified atom stereocenters. The van der Waals surface area contributed by atoms with E-state index in [-0.39, 0.29) is 5.91 Å². The molecule has 1 aliphatic heterocycles. The van der Waals surface area contributed by atoms with Crippen molar-refractivity contribution in [3.05, 3.63) is 0 Å². The first-order chi connectivity index (χ1) is 9.24. The second kappa shape index (κ2) is 7.88. The number of amides is 1. The number of carbonyl (C=O) groups excluding carboxylic acids is 1. The van der Waals surface area contributed by atoms with Gasteiger partial charge in [0.1, 0.15) is 0 Å². The van der Waals surface area contributed by atoms with Crippen molar-refractivity contribution in [2.75, 3.05) is 13.1 Å². The molecule has 0 radical (unpaired) electrons. The van der Waals surface area contributed by atoms with E-state index < -0.39 is 0 Å². The van der Waals surface area contributed by atoms with Gasteiger partial charge in [-0.3, -0.25) is 4.79 Å². The molecular formula is C16H30N2O. The molecule has 2 aliphatic rings. The number of rotatable bonds is 5. The second-order valence-electron chi connectivity index (χ2n) is 6.62. The summed E-state index contributed by atoms with van der Waals surface area (Å²) >= 11 is 0. The van der Waals surface area contributed by atoms with Crippen LogP contribution in [-0.4, -0.2) is 25.0 Å². The molecule has 0 spiro atoms. The summed E-state index contributed by atoms with van der Waals surface area (Å²) in [5.41, 5.74) is 0. The van der Waals surface area contributed by atoms with Crippen LogP contribution in [0.1, 0.15) is 64.7 Å². The first-order valence-electron chi connectivity index (χ1n) is 8.24. The first kappa shape index (κ1) is 14.8. The van der Waals surface area contributed by atoms with Gasteiger partial charge in [0.15, 0.2) is 0 Å². The van der Waals surface area contributed by atoms with Crippen LogP contribution in [0.4, 0.5) is 0 Å². The van der Waals surface area contributed by atoms with E-state index in [1.165, 1.54) is 44.9 Å². The third-order valence-electron chi connectivity index (χ3n) is 4.86. The van der Waals surface area contributed by atoms with Gasteiger partial charge >= 0.3 is 0 Å². The van der Waals surface area contributed by atoms with Crippen LogP contribution < -0.4 is 10.6 Å². The van der Waals surface area contributed by atoms with Crippen LogP contribution in [0.5, 0.6) is 0 Å². The molecule has 1 aliphatic carbocycles. The fourth-order valence-electron chi connectivity index (χ4n) is 3.36. The SMILES string of the molecule is CC1CCC(CNC(=O)CCC2CCCCN2)CC1. The minimum atomic E-state index is 0.256. The summed E-state index contributed by atoms with van der Waals surface area (Å²) in [5, 5.41) is 6.64. The molecule has 1 saturated heterocycles. The van der Waals surface area contributed by atoms with Crippen LogP contribution in [0.15, 0.2) is 0 Å². The van der Waals surface area contributed by atoms with Crippen LogP contribution in [0.2, 0.25) is 0 Å². The topological polar surface area (TPSA) is 41.1 Å². The molecule has 2 rings (SSSR count). The zero-order chi connectivity index (χ0) is 13.5. The summed E-state index contributed by atoms with van der Waals surface area (Å²) in [4.78, 5) is 11.9. The Kier molecular flexibility index (Phi) is 6.15. The van der Waals surface area contributed by atoms with Gasteiger partial charge < -0.3 is 10.6 Å². The van der Waals surface area contributed by atoms with E-state index in [1.807, 2.05) is 0 Å². The Morgan fingerprint density at radius 2 is 1.95 bits per heavy atom. The lowest BCUT2D eigenvalue weighted by molar-refractivity contribution is -0.121. The number of hydrogen-bond acceptors (Lipinski definition) is 2. The van der Waals surface area contributed by atoms with Gasteiger partial charge in [-0.05, 0) is 50.5 Å². The predicted molar refractivity (Wildman–Crippen MR) is 79.0 cm³/mol. The Bertz CT molecular complexity index is 266. The second-order valence-corrected chi connectivity index (χ2v) is 6.62. The van der Waals surface area contributed by atoms with E-state index in [2.05, 4.69) is 17.6 Å². The number of piperidine rings is 1. The molecule has 1 saturated carbocycles. The molecule has 3 nitrogen and oxygen atoms in total. The lowest BCUT2D eigenvalue weighted by Gasteiger charge is -2.26. The molecule has 0 aromatic rings. The monoisotopic (exact) mass is 266 g/mol. The smallest absolute Gasteiger partial charge is 0.220 e. The number of carbonyl (C=O) groups is 1. The van der Waals surface area contributed by atoms with E-state index in [4.69, 9.17) is 0 Å². The van der Waals surface area contributed by atoms with Gasteiger partial charge in [-0.2, -0.15) is 0 Å². The summed E-state index contributed by atoms with van der Waals surface area (Å²) < 4.78 is 0. The lowest BCUT2D eigenvalue weighted by atomic mass is 9.83. The predicted octanol–water partition coefficient (Wildman–Crippen LogP) is 2.85. The van der Waals surface area contributed by atoms with Gasteiger partial charge in [-0.1, -0.05) is 26.2 Å². The summed E-state index contributed by atoms with van der Waals surface area (Å²) in [5.74, 6) is 1.88. The minimum Gasteiger partial charge on any atom is -0.356 e. The van der Waals surface area contributed by atoms with E-state index in [0.717, 1.165) is 31.3 Å². The van der Waals surface area contributed by atoms with Crippen molar-refractivity contribution in [3.8, 4) is 0 Å². The summed E-state index contributed by atoms with van der Waals surface area (Å²) in [6.45, 7) is 4.38. The van der Waals surface area contributed by atoms with Crippen LogP contribution in [0, 0.1) is 11.8 Å². The third-order valence-corrected chi connectivity index (χ3v) is 4.86. The molecule has 0 bridgehead atoms. The van der Waals surface area contributed by atoms with Crippen molar-refractivity contribution in [1.82, 2.24) is 10.6 Å². The van der Waals surface area contributed by atoms with Gasteiger partial charge in [0.2, 0.25) is 5.91 Å². The van der Waals surface area contributed by atoms with Gasteiger partial charge in [-0.25, -0.2) is 0 Å². The van der Waals surface area contributed by atoms with Crippen LogP contribution in [0.3, 0.4) is 0 Å². The van der Waals surface area contributed by atoms with Gasteiger partial charge in [-0.15, -0.1) is 0 Å². The molecule has 2 N–H and O–H groups in total. The highest BCUT2D eigenvalue weighted by molar-refractivity contribution is 5.75. The molecular weight excluding hydrogens is 236 g/mol. The fraction of sp³-hybridized carbons (Fsp3) is 0.938. The van der Waals surface area contributed by atoms with Crippen LogP contribution in [-0.2, 0) is 4.79 Å². The molecule has 110 valence electrons. The molecule has 19 heavy (non-hydrogen) atoms. The van der Waals surface area contributed by atoms with Crippen molar-refractivity contribution in [2.45, 2.75) is 70.8 Å². The highest BCUT2D eigenvalue weighted by Crippen LogP contribution is 2.27. The summed E-state index contributed by atoms with van der Waals surface area (Å²) in [6, 6.07) is 0.579. The van der Waals surface area contributed by atoms with Gasteiger partial charge in [0, 0.05) is 19.0 Å². The number of hydrogen-bond donors (Lipinski definition) is 2. The van der Waals surface area contributed by atoms with Gasteiger partial charge in [0.25, 0.3) is 0 Å². The normalized spacial score (nSPS) is 31.9. The highest BCUT2D eigenvalue weighted by atomic mass is 16.1. The van der Waals surface area contributed by atoms with Crippen molar-refractivity contribution in [1.29, 1.82) is 0 Å². The average molecular weight is 266 g/mol. The first-order valence-corrected chi connectivity index (χ1v) is 8.24. The summed E-state index contributed by atoms with van der Waals surface area (Å²) in [6.07, 6.45) is 10.8. The average Bonchev–Trinajstić information content (AvgIpc) is 2.45. The highest BCUT2D eigenvalue weighted by Gasteiger charge is 2.19. The maximum absolute atomic E-state index is 11.9. The van der Waals surface area contributed by atoms with Crippen LogP contribution >= 0.6 is 0 Å².